The summed E-state index contributed by atoms with van der Waals surface area (Å²) < 4.78 is 30.1. The van der Waals surface area contributed by atoms with Gasteiger partial charge in [0, 0.05) is 23.7 Å². The Kier molecular flexibility index (Phi) is 6.88. The second-order valence-electron chi connectivity index (χ2n) is 6.34. The van der Waals surface area contributed by atoms with Gasteiger partial charge < -0.3 is 15.4 Å². The highest BCUT2D eigenvalue weighted by Crippen LogP contribution is 2.28. The van der Waals surface area contributed by atoms with Crippen LogP contribution in [0.1, 0.15) is 17.3 Å². The van der Waals surface area contributed by atoms with Crippen molar-refractivity contribution in [2.45, 2.75) is 23.7 Å². The summed E-state index contributed by atoms with van der Waals surface area (Å²) in [6.45, 7) is 1.98. The largest absolute Gasteiger partial charge is 0.449 e. The van der Waals surface area contributed by atoms with Gasteiger partial charge in [0.2, 0.25) is 0 Å². The fourth-order valence-corrected chi connectivity index (χ4v) is 3.32. The molecule has 0 aliphatic carbocycles. The monoisotopic (exact) mass is 435 g/mol. The van der Waals surface area contributed by atoms with Gasteiger partial charge in [0.1, 0.15) is 0 Å². The third-order valence-corrected chi connectivity index (χ3v) is 4.98. The zero-order valence-electron chi connectivity index (χ0n) is 15.9. The summed E-state index contributed by atoms with van der Waals surface area (Å²) in [6, 6.07) is 12.3. The molecule has 30 heavy (non-hydrogen) atoms. The molecule has 1 heterocycles. The number of amides is 3. The summed E-state index contributed by atoms with van der Waals surface area (Å²) in [5, 5.41) is 5.56. The summed E-state index contributed by atoms with van der Waals surface area (Å²) in [5.41, 5.74) is 1.20. The van der Waals surface area contributed by atoms with Crippen molar-refractivity contribution in [2.24, 2.45) is 0 Å². The maximum Gasteiger partial charge on any atom is 0.341 e. The van der Waals surface area contributed by atoms with Crippen molar-refractivity contribution in [1.29, 1.82) is 0 Å². The number of esters is 1. The Morgan fingerprint density at radius 3 is 2.50 bits per heavy atom. The molecule has 3 rings (SSSR count). The van der Waals surface area contributed by atoms with E-state index in [1.165, 1.54) is 13.0 Å². The summed E-state index contributed by atoms with van der Waals surface area (Å²) >= 11 is 0.442. The van der Waals surface area contributed by atoms with Gasteiger partial charge in [-0.3, -0.25) is 9.69 Å². The first-order chi connectivity index (χ1) is 14.3. The van der Waals surface area contributed by atoms with Gasteiger partial charge in [-0.05, 0) is 43.3 Å². The van der Waals surface area contributed by atoms with Crippen molar-refractivity contribution in [3.63, 3.8) is 0 Å². The van der Waals surface area contributed by atoms with Crippen LogP contribution in [0.5, 0.6) is 0 Å². The number of nitrogens with one attached hydrogen (secondary N) is 2. The molecular weight excluding hydrogens is 416 g/mol. The molecule has 1 saturated heterocycles. The van der Waals surface area contributed by atoms with Crippen molar-refractivity contribution in [3.05, 3.63) is 54.1 Å². The lowest BCUT2D eigenvalue weighted by Crippen LogP contribution is -2.41. The molecule has 2 N–H and O–H groups in total. The highest BCUT2D eigenvalue weighted by atomic mass is 32.2. The lowest BCUT2D eigenvalue weighted by Gasteiger charge is -2.19. The van der Waals surface area contributed by atoms with Crippen LogP contribution in [0.25, 0.3) is 0 Å². The van der Waals surface area contributed by atoms with Crippen molar-refractivity contribution >= 4 is 41.0 Å². The van der Waals surface area contributed by atoms with E-state index in [0.717, 1.165) is 4.90 Å². The molecule has 1 aliphatic rings. The van der Waals surface area contributed by atoms with Crippen LogP contribution in [0.15, 0.2) is 53.4 Å². The number of carbonyl (C=O) groups is 3. The molecule has 0 spiro atoms. The van der Waals surface area contributed by atoms with E-state index < -0.39 is 29.8 Å². The van der Waals surface area contributed by atoms with Gasteiger partial charge in [0.15, 0.2) is 6.10 Å². The fraction of sp³-hybridized carbons (Fsp3) is 0.250. The van der Waals surface area contributed by atoms with Gasteiger partial charge in [-0.25, -0.2) is 9.59 Å². The summed E-state index contributed by atoms with van der Waals surface area (Å²) in [6.07, 6.45) is -1.14. The Hall–Kier alpha value is -3.14. The minimum Gasteiger partial charge on any atom is -0.449 e. The zero-order valence-corrected chi connectivity index (χ0v) is 16.7. The molecule has 0 aromatic heterocycles. The van der Waals surface area contributed by atoms with E-state index in [2.05, 4.69) is 10.6 Å². The fourth-order valence-electron chi connectivity index (χ4n) is 2.82. The predicted octanol–water partition coefficient (Wildman–Crippen LogP) is 3.84. The van der Waals surface area contributed by atoms with Gasteiger partial charge in [0.05, 0.1) is 11.3 Å². The maximum absolute atomic E-state index is 12.6. The number of hydrogen-bond acceptors (Lipinski definition) is 6. The molecule has 2 aromatic carbocycles. The highest BCUT2D eigenvalue weighted by molar-refractivity contribution is 7.99. The maximum atomic E-state index is 12.6. The van der Waals surface area contributed by atoms with Crippen molar-refractivity contribution < 1.29 is 27.9 Å². The van der Waals surface area contributed by atoms with Gasteiger partial charge >= 0.3 is 12.0 Å². The molecule has 7 nitrogen and oxygen atoms in total. The average Bonchev–Trinajstić information content (AvgIpc) is 3.14. The van der Waals surface area contributed by atoms with Crippen molar-refractivity contribution in [3.8, 4) is 0 Å². The van der Waals surface area contributed by atoms with Crippen LogP contribution < -0.4 is 10.6 Å². The third-order valence-electron chi connectivity index (χ3n) is 4.26. The van der Waals surface area contributed by atoms with E-state index in [-0.39, 0.29) is 12.1 Å². The number of benzene rings is 2. The van der Waals surface area contributed by atoms with E-state index >= 15 is 0 Å². The molecule has 10 heteroatoms. The number of carbonyl (C=O) groups excluding carboxylic acids is 3. The van der Waals surface area contributed by atoms with Crippen LogP contribution in [0.2, 0.25) is 0 Å². The van der Waals surface area contributed by atoms with Gasteiger partial charge in [-0.1, -0.05) is 23.9 Å². The zero-order chi connectivity index (χ0) is 21.7. The molecule has 0 bridgehead atoms. The Balaban J connectivity index is 1.69. The van der Waals surface area contributed by atoms with Crippen LogP contribution >= 0.6 is 11.8 Å². The number of alkyl halides is 2. The van der Waals surface area contributed by atoms with Crippen molar-refractivity contribution in [2.75, 3.05) is 18.4 Å². The standard InChI is InChI=1S/C20H19F2N3O4S/c1-12(17(26)25-11-10-23-20(25)28)29-18(27)15-4-2-3-5-16(15)24-13-6-8-14(9-7-13)30-19(21)22/h2-9,12,19,24H,10-11H2,1H3,(H,23,28). The quantitative estimate of drug-likeness (QED) is 0.508. The van der Waals surface area contributed by atoms with Gasteiger partial charge in [0.25, 0.3) is 11.7 Å². The van der Waals surface area contributed by atoms with Crippen LogP contribution in [0.3, 0.4) is 0 Å². The smallest absolute Gasteiger partial charge is 0.341 e. The van der Waals surface area contributed by atoms with E-state index in [1.807, 2.05) is 0 Å². The lowest BCUT2D eigenvalue weighted by molar-refractivity contribution is -0.136. The van der Waals surface area contributed by atoms with Crippen LogP contribution in [-0.4, -0.2) is 47.8 Å². The number of urea groups is 1. The van der Waals surface area contributed by atoms with Gasteiger partial charge in [-0.2, -0.15) is 8.78 Å². The number of para-hydroxylation sites is 1. The first kappa shape index (κ1) is 21.6. The normalized spacial score (nSPS) is 14.4. The second-order valence-corrected chi connectivity index (χ2v) is 7.41. The minimum absolute atomic E-state index is 0.189. The first-order valence-corrected chi connectivity index (χ1v) is 9.94. The topological polar surface area (TPSA) is 87.7 Å². The van der Waals surface area contributed by atoms with Crippen LogP contribution in [0.4, 0.5) is 25.0 Å². The molecule has 158 valence electrons. The highest BCUT2D eigenvalue weighted by Gasteiger charge is 2.32. The Labute approximate surface area is 175 Å². The molecule has 1 unspecified atom stereocenters. The van der Waals surface area contributed by atoms with Crippen LogP contribution in [-0.2, 0) is 9.53 Å². The molecule has 0 saturated carbocycles. The minimum atomic E-state index is -2.50. The molecule has 1 atom stereocenters. The van der Waals surface area contributed by atoms with Crippen LogP contribution in [0, 0.1) is 0 Å². The van der Waals surface area contributed by atoms with E-state index in [9.17, 15) is 23.2 Å². The Morgan fingerprint density at radius 2 is 1.87 bits per heavy atom. The summed E-state index contributed by atoms with van der Waals surface area (Å²) in [5.74, 6) is -3.84. The summed E-state index contributed by atoms with van der Waals surface area (Å²) in [4.78, 5) is 38.0. The number of ether oxygens (including phenoxy) is 1. The number of thioether (sulfide) groups is 1. The lowest BCUT2D eigenvalue weighted by atomic mass is 10.1. The molecule has 0 radical (unpaired) electrons. The number of nitrogens with zero attached hydrogens (tertiary/aromatic N) is 1. The van der Waals surface area contributed by atoms with Crippen molar-refractivity contribution in [1.82, 2.24) is 10.2 Å². The number of imide groups is 1. The SMILES string of the molecule is CC(OC(=O)c1ccccc1Nc1ccc(SC(F)F)cc1)C(=O)N1CCNC1=O. The van der Waals surface area contributed by atoms with E-state index in [1.54, 1.807) is 42.5 Å². The number of hydrogen-bond donors (Lipinski definition) is 2. The van der Waals surface area contributed by atoms with E-state index in [0.29, 0.717) is 34.6 Å². The molecule has 2 aromatic rings. The Bertz CT molecular complexity index is 940. The molecular formula is C20H19F2N3O4S. The number of halogens is 2. The number of anilines is 2. The van der Waals surface area contributed by atoms with E-state index in [4.69, 9.17) is 4.74 Å². The summed E-state index contributed by atoms with van der Waals surface area (Å²) in [7, 11) is 0. The molecule has 1 aliphatic heterocycles. The third kappa shape index (κ3) is 5.26. The number of rotatable bonds is 7. The predicted molar refractivity (Wildman–Crippen MR) is 108 cm³/mol. The first-order valence-electron chi connectivity index (χ1n) is 9.06. The van der Waals surface area contributed by atoms with Gasteiger partial charge in [-0.15, -0.1) is 0 Å². The second kappa shape index (κ2) is 9.57. The Morgan fingerprint density at radius 1 is 1.17 bits per heavy atom. The molecule has 3 amide bonds. The average molecular weight is 435 g/mol. The molecule has 1 fully saturated rings.